The molecule has 1 saturated heterocycles. The summed E-state index contributed by atoms with van der Waals surface area (Å²) in [6.07, 6.45) is 3.46. The molecule has 0 radical (unpaired) electrons. The summed E-state index contributed by atoms with van der Waals surface area (Å²) in [6, 6.07) is 7.64. The third kappa shape index (κ3) is 5.12. The number of amides is 2. The van der Waals surface area contributed by atoms with Crippen LogP contribution in [-0.2, 0) is 17.8 Å². The molecule has 2 aliphatic heterocycles. The lowest BCUT2D eigenvalue weighted by Gasteiger charge is -2.19. The van der Waals surface area contributed by atoms with Crippen molar-refractivity contribution in [1.82, 2.24) is 20.8 Å². The molecule has 30 heavy (non-hydrogen) atoms. The number of rotatable bonds is 6. The number of aromatic amines is 1. The molecule has 2 amide bonds. The van der Waals surface area contributed by atoms with Crippen LogP contribution in [0, 0.1) is 0 Å². The number of carbonyl (C=O) groups excluding carboxylic acids is 2. The molecule has 4 N–H and O–H groups in total. The van der Waals surface area contributed by atoms with Crippen molar-refractivity contribution in [2.45, 2.75) is 45.2 Å². The van der Waals surface area contributed by atoms with Gasteiger partial charge in [0.1, 0.15) is 0 Å². The van der Waals surface area contributed by atoms with E-state index in [-0.39, 0.29) is 36.7 Å². The van der Waals surface area contributed by atoms with E-state index in [9.17, 15) is 9.59 Å². The van der Waals surface area contributed by atoms with Crippen molar-refractivity contribution < 1.29 is 9.59 Å². The van der Waals surface area contributed by atoms with Gasteiger partial charge in [-0.2, -0.15) is 5.10 Å². The van der Waals surface area contributed by atoms with E-state index in [2.05, 4.69) is 37.1 Å². The highest BCUT2D eigenvalue weighted by Crippen LogP contribution is 2.23. The fourth-order valence-electron chi connectivity index (χ4n) is 4.00. The normalized spacial score (nSPS) is 16.4. The number of anilines is 2. The quantitative estimate of drug-likeness (QED) is 0.560. The van der Waals surface area contributed by atoms with Crippen LogP contribution in [0.25, 0.3) is 0 Å². The molecule has 2 aromatic rings. The van der Waals surface area contributed by atoms with Crippen molar-refractivity contribution in [3.63, 3.8) is 0 Å². The maximum absolute atomic E-state index is 12.6. The van der Waals surface area contributed by atoms with E-state index in [0.717, 1.165) is 48.7 Å². The molecule has 1 unspecified atom stereocenters. The molecule has 1 fully saturated rings. The number of hydrogen-bond acceptors (Lipinski definition) is 5. The number of H-pyrrole nitrogens is 1. The van der Waals surface area contributed by atoms with E-state index >= 15 is 0 Å². The van der Waals surface area contributed by atoms with Gasteiger partial charge in [0.05, 0.1) is 0 Å². The Bertz CT molecular complexity index is 893. The summed E-state index contributed by atoms with van der Waals surface area (Å²) in [5, 5.41) is 16.2. The Morgan fingerprint density at radius 2 is 2.07 bits per heavy atom. The summed E-state index contributed by atoms with van der Waals surface area (Å²) in [5.41, 5.74) is 4.27. The fourth-order valence-corrected chi connectivity index (χ4v) is 4.00. The van der Waals surface area contributed by atoms with Crippen LogP contribution >= 0.6 is 12.4 Å². The number of carbonyl (C=O) groups is 2. The number of fused-ring (bicyclic) bond motifs is 1. The van der Waals surface area contributed by atoms with Gasteiger partial charge in [0, 0.05) is 67.7 Å². The second-order valence-corrected chi connectivity index (χ2v) is 7.83. The van der Waals surface area contributed by atoms with Gasteiger partial charge in [-0.25, -0.2) is 0 Å². The Labute approximate surface area is 182 Å². The second kappa shape index (κ2) is 9.95. The average Bonchev–Trinajstić information content (AvgIpc) is 3.38. The lowest BCUT2D eigenvalue weighted by molar-refractivity contribution is -0.116. The molecule has 2 aliphatic rings. The minimum Gasteiger partial charge on any atom is -0.371 e. The fraction of sp³-hybridized carbons (Fsp3) is 0.476. The lowest BCUT2D eigenvalue weighted by Crippen LogP contribution is -2.36. The maximum atomic E-state index is 12.6. The van der Waals surface area contributed by atoms with Crippen LogP contribution in [0.5, 0.6) is 0 Å². The van der Waals surface area contributed by atoms with Gasteiger partial charge in [-0.05, 0) is 38.0 Å². The second-order valence-electron chi connectivity index (χ2n) is 7.83. The Morgan fingerprint density at radius 3 is 2.87 bits per heavy atom. The van der Waals surface area contributed by atoms with Gasteiger partial charge in [-0.3, -0.25) is 14.7 Å². The van der Waals surface area contributed by atoms with Crippen molar-refractivity contribution in [2.24, 2.45) is 0 Å². The number of halogens is 1. The van der Waals surface area contributed by atoms with Gasteiger partial charge in [0.2, 0.25) is 5.91 Å². The van der Waals surface area contributed by atoms with Gasteiger partial charge in [-0.1, -0.05) is 6.07 Å². The Balaban J connectivity index is 0.00000256. The van der Waals surface area contributed by atoms with Gasteiger partial charge in [-0.15, -0.1) is 12.4 Å². The first kappa shape index (κ1) is 22.1. The first-order valence-electron chi connectivity index (χ1n) is 10.3. The van der Waals surface area contributed by atoms with Crippen LogP contribution in [-0.4, -0.2) is 47.7 Å². The van der Waals surface area contributed by atoms with E-state index in [4.69, 9.17) is 0 Å². The summed E-state index contributed by atoms with van der Waals surface area (Å²) >= 11 is 0. The molecule has 1 aromatic heterocycles. The Kier molecular flexibility index (Phi) is 7.33. The number of nitrogens with one attached hydrogen (secondary N) is 4. The SMILES string of the molecule is CC(CC(=O)Nc1cccc(N2CCCC2)c1)NC(=O)c1n[nH]c2c1CNCC2.Cl. The Hall–Kier alpha value is -2.58. The van der Waals surface area contributed by atoms with E-state index in [0.29, 0.717) is 12.2 Å². The minimum atomic E-state index is -0.298. The molecule has 0 spiro atoms. The zero-order chi connectivity index (χ0) is 20.2. The van der Waals surface area contributed by atoms with Crippen LogP contribution in [0.4, 0.5) is 11.4 Å². The van der Waals surface area contributed by atoms with Crippen LogP contribution in [0.1, 0.15) is 47.9 Å². The zero-order valence-corrected chi connectivity index (χ0v) is 18.0. The molecule has 1 aromatic carbocycles. The Morgan fingerprint density at radius 1 is 1.27 bits per heavy atom. The van der Waals surface area contributed by atoms with Crippen LogP contribution < -0.4 is 20.9 Å². The molecule has 1 atom stereocenters. The highest BCUT2D eigenvalue weighted by Gasteiger charge is 2.23. The van der Waals surface area contributed by atoms with Crippen molar-refractivity contribution in [3.05, 3.63) is 41.2 Å². The number of benzene rings is 1. The standard InChI is InChI=1S/C21H28N6O2.ClH/c1-14(23-21(29)20-17-13-22-8-7-18(17)25-26-20)11-19(28)24-15-5-4-6-16(12-15)27-9-2-3-10-27;/h4-6,12,14,22H,2-3,7-11,13H2,1H3,(H,23,29)(H,24,28)(H,25,26);1H. The summed E-state index contributed by atoms with van der Waals surface area (Å²) in [6.45, 7) is 5.47. The van der Waals surface area contributed by atoms with Crippen molar-refractivity contribution >= 4 is 35.6 Å². The monoisotopic (exact) mass is 432 g/mol. The van der Waals surface area contributed by atoms with Gasteiger partial charge >= 0.3 is 0 Å². The molecule has 4 rings (SSSR count). The number of hydrogen-bond donors (Lipinski definition) is 4. The van der Waals surface area contributed by atoms with Crippen molar-refractivity contribution in [1.29, 1.82) is 0 Å². The first-order chi connectivity index (χ1) is 14.1. The minimum absolute atomic E-state index is 0. The predicted molar refractivity (Wildman–Crippen MR) is 119 cm³/mol. The number of nitrogens with zero attached hydrogens (tertiary/aromatic N) is 2. The topological polar surface area (TPSA) is 102 Å². The summed E-state index contributed by atoms with van der Waals surface area (Å²) in [5.74, 6) is -0.371. The third-order valence-electron chi connectivity index (χ3n) is 5.49. The van der Waals surface area contributed by atoms with Crippen molar-refractivity contribution in [3.8, 4) is 0 Å². The predicted octanol–water partition coefficient (Wildman–Crippen LogP) is 2.22. The van der Waals surface area contributed by atoms with Gasteiger partial charge < -0.3 is 20.9 Å². The molecule has 9 heteroatoms. The molecule has 0 aliphatic carbocycles. The van der Waals surface area contributed by atoms with Gasteiger partial charge in [0.15, 0.2) is 5.69 Å². The van der Waals surface area contributed by atoms with E-state index < -0.39 is 0 Å². The molecule has 0 bridgehead atoms. The average molecular weight is 433 g/mol. The smallest absolute Gasteiger partial charge is 0.272 e. The van der Waals surface area contributed by atoms with Gasteiger partial charge in [0.25, 0.3) is 5.91 Å². The molecular weight excluding hydrogens is 404 g/mol. The van der Waals surface area contributed by atoms with Crippen LogP contribution in [0.2, 0.25) is 0 Å². The summed E-state index contributed by atoms with van der Waals surface area (Å²) in [4.78, 5) is 27.3. The molecule has 162 valence electrons. The highest BCUT2D eigenvalue weighted by molar-refractivity contribution is 5.95. The van der Waals surface area contributed by atoms with Crippen LogP contribution in [0.15, 0.2) is 24.3 Å². The molecular formula is C21H29ClN6O2. The molecule has 3 heterocycles. The van der Waals surface area contributed by atoms with E-state index in [1.807, 2.05) is 25.1 Å². The van der Waals surface area contributed by atoms with Crippen molar-refractivity contribution in [2.75, 3.05) is 29.9 Å². The largest absolute Gasteiger partial charge is 0.371 e. The van der Waals surface area contributed by atoms with E-state index in [1.54, 1.807) is 0 Å². The molecule has 8 nitrogen and oxygen atoms in total. The highest BCUT2D eigenvalue weighted by atomic mass is 35.5. The van der Waals surface area contributed by atoms with Crippen LogP contribution in [0.3, 0.4) is 0 Å². The third-order valence-corrected chi connectivity index (χ3v) is 5.49. The lowest BCUT2D eigenvalue weighted by atomic mass is 10.1. The molecule has 0 saturated carbocycles. The van der Waals surface area contributed by atoms with E-state index in [1.165, 1.54) is 12.8 Å². The first-order valence-corrected chi connectivity index (χ1v) is 10.3. The zero-order valence-electron chi connectivity index (χ0n) is 17.2. The number of aromatic nitrogens is 2. The summed E-state index contributed by atoms with van der Waals surface area (Å²) < 4.78 is 0. The summed E-state index contributed by atoms with van der Waals surface area (Å²) in [7, 11) is 0. The maximum Gasteiger partial charge on any atom is 0.272 e.